The van der Waals surface area contributed by atoms with Gasteiger partial charge < -0.3 is 24.4 Å². The van der Waals surface area contributed by atoms with Gasteiger partial charge in [0.2, 0.25) is 0 Å². The molecule has 4 atom stereocenters. The van der Waals surface area contributed by atoms with E-state index in [1.54, 1.807) is 13.8 Å². The quantitative estimate of drug-likeness (QED) is 0.593. The van der Waals surface area contributed by atoms with Gasteiger partial charge in [-0.05, 0) is 27.7 Å². The maximum Gasteiger partial charge on any atom is 0.0781 e. The monoisotopic (exact) mass is 250 g/mol. The minimum atomic E-state index is -0.455. The molecule has 0 aromatic heterocycles. The van der Waals surface area contributed by atoms with Crippen molar-refractivity contribution in [2.45, 2.75) is 52.1 Å². The van der Waals surface area contributed by atoms with E-state index in [-0.39, 0.29) is 24.9 Å². The molecule has 0 spiro atoms. The van der Waals surface area contributed by atoms with Crippen LogP contribution in [0.2, 0.25) is 0 Å². The Morgan fingerprint density at radius 1 is 0.765 bits per heavy atom. The lowest BCUT2D eigenvalue weighted by Crippen LogP contribution is -2.27. The maximum absolute atomic E-state index is 9.04. The molecule has 0 bridgehead atoms. The normalized spacial score (nSPS) is 18.7. The molecule has 5 nitrogen and oxygen atoms in total. The number of hydrogen-bond acceptors (Lipinski definition) is 5. The summed E-state index contributed by atoms with van der Waals surface area (Å²) in [4.78, 5) is 0. The SMILES string of the molecule is C[C@H](CO)OC[C@@H](C)OC[C@H](C)OC[C@@H](C)O. The lowest BCUT2D eigenvalue weighted by atomic mass is 10.3. The second kappa shape index (κ2) is 9.79. The number of aliphatic hydroxyl groups is 2. The van der Waals surface area contributed by atoms with Crippen LogP contribution in [0.25, 0.3) is 0 Å². The zero-order chi connectivity index (χ0) is 13.3. The molecule has 104 valence electrons. The van der Waals surface area contributed by atoms with Crippen LogP contribution in [0.15, 0.2) is 0 Å². The number of aliphatic hydroxyl groups excluding tert-OH is 2. The van der Waals surface area contributed by atoms with Crippen LogP contribution in [0.4, 0.5) is 0 Å². The van der Waals surface area contributed by atoms with Crippen molar-refractivity contribution < 1.29 is 24.4 Å². The first-order valence-corrected chi connectivity index (χ1v) is 6.09. The van der Waals surface area contributed by atoms with E-state index in [1.807, 2.05) is 13.8 Å². The van der Waals surface area contributed by atoms with Crippen LogP contribution in [0.5, 0.6) is 0 Å². The summed E-state index contributed by atoms with van der Waals surface area (Å²) in [6.45, 7) is 8.53. The summed E-state index contributed by atoms with van der Waals surface area (Å²) >= 11 is 0. The van der Waals surface area contributed by atoms with Crippen molar-refractivity contribution in [3.63, 3.8) is 0 Å². The first kappa shape index (κ1) is 16.8. The van der Waals surface area contributed by atoms with E-state index in [4.69, 9.17) is 24.4 Å². The molecule has 0 amide bonds. The highest BCUT2D eigenvalue weighted by molar-refractivity contribution is 4.55. The van der Waals surface area contributed by atoms with E-state index in [9.17, 15) is 0 Å². The number of rotatable bonds is 10. The highest BCUT2D eigenvalue weighted by Crippen LogP contribution is 2.00. The fraction of sp³-hybridized carbons (Fsp3) is 1.00. The van der Waals surface area contributed by atoms with E-state index in [0.29, 0.717) is 19.8 Å². The molecular formula is C12H26O5. The zero-order valence-corrected chi connectivity index (χ0v) is 11.3. The summed E-state index contributed by atoms with van der Waals surface area (Å²) in [5, 5.41) is 17.8. The predicted octanol–water partition coefficient (Wildman–Crippen LogP) is 0.575. The van der Waals surface area contributed by atoms with Crippen molar-refractivity contribution in [2.75, 3.05) is 26.4 Å². The van der Waals surface area contributed by atoms with Crippen LogP contribution >= 0.6 is 0 Å². The van der Waals surface area contributed by atoms with E-state index in [1.165, 1.54) is 0 Å². The Kier molecular flexibility index (Phi) is 9.68. The van der Waals surface area contributed by atoms with E-state index in [0.717, 1.165) is 0 Å². The third-order valence-electron chi connectivity index (χ3n) is 2.11. The molecule has 17 heavy (non-hydrogen) atoms. The van der Waals surface area contributed by atoms with Crippen LogP contribution < -0.4 is 0 Å². The summed E-state index contributed by atoms with van der Waals surface area (Å²) in [5.41, 5.74) is 0. The van der Waals surface area contributed by atoms with E-state index in [2.05, 4.69) is 0 Å². The van der Waals surface area contributed by atoms with Gasteiger partial charge in [0.25, 0.3) is 0 Å². The molecule has 0 aromatic rings. The molecule has 0 saturated carbocycles. The van der Waals surface area contributed by atoms with Gasteiger partial charge in [-0.3, -0.25) is 0 Å². The van der Waals surface area contributed by atoms with Gasteiger partial charge in [0, 0.05) is 0 Å². The minimum Gasteiger partial charge on any atom is -0.394 e. The molecule has 0 fully saturated rings. The van der Waals surface area contributed by atoms with Crippen LogP contribution in [-0.4, -0.2) is 61.1 Å². The van der Waals surface area contributed by atoms with Crippen molar-refractivity contribution in [2.24, 2.45) is 0 Å². The van der Waals surface area contributed by atoms with Crippen molar-refractivity contribution in [1.29, 1.82) is 0 Å². The first-order chi connectivity index (χ1) is 7.95. The van der Waals surface area contributed by atoms with Crippen molar-refractivity contribution >= 4 is 0 Å². The zero-order valence-electron chi connectivity index (χ0n) is 11.3. The molecule has 0 heterocycles. The summed E-state index contributed by atoms with van der Waals surface area (Å²) in [6.07, 6.45) is -0.711. The minimum absolute atomic E-state index is 0.0145. The third-order valence-corrected chi connectivity index (χ3v) is 2.11. The van der Waals surface area contributed by atoms with Crippen LogP contribution in [0.3, 0.4) is 0 Å². The Balaban J connectivity index is 3.51. The van der Waals surface area contributed by atoms with Gasteiger partial charge in [-0.25, -0.2) is 0 Å². The average molecular weight is 250 g/mol. The molecule has 0 aliphatic carbocycles. The van der Waals surface area contributed by atoms with Gasteiger partial charge in [-0.15, -0.1) is 0 Å². The highest BCUT2D eigenvalue weighted by Gasteiger charge is 2.09. The van der Waals surface area contributed by atoms with Gasteiger partial charge in [-0.1, -0.05) is 0 Å². The average Bonchev–Trinajstić information content (AvgIpc) is 2.30. The Morgan fingerprint density at radius 2 is 1.18 bits per heavy atom. The molecule has 0 rings (SSSR count). The molecule has 0 saturated heterocycles. The van der Waals surface area contributed by atoms with Gasteiger partial charge in [0.1, 0.15) is 0 Å². The summed E-state index contributed by atoms with van der Waals surface area (Å²) < 4.78 is 16.2. The number of ether oxygens (including phenoxy) is 3. The summed E-state index contributed by atoms with van der Waals surface area (Å²) in [7, 11) is 0. The lowest BCUT2D eigenvalue weighted by molar-refractivity contribution is -0.0825. The van der Waals surface area contributed by atoms with Gasteiger partial charge >= 0.3 is 0 Å². The van der Waals surface area contributed by atoms with Gasteiger partial charge in [0.05, 0.1) is 50.8 Å². The third kappa shape index (κ3) is 10.7. The van der Waals surface area contributed by atoms with Crippen molar-refractivity contribution in [3.05, 3.63) is 0 Å². The van der Waals surface area contributed by atoms with Crippen molar-refractivity contribution in [3.8, 4) is 0 Å². The molecule has 0 aliphatic rings. The molecular weight excluding hydrogens is 224 g/mol. The van der Waals surface area contributed by atoms with Gasteiger partial charge in [-0.2, -0.15) is 0 Å². The Morgan fingerprint density at radius 3 is 1.59 bits per heavy atom. The van der Waals surface area contributed by atoms with Crippen LogP contribution in [0, 0.1) is 0 Å². The fourth-order valence-corrected chi connectivity index (χ4v) is 1.05. The van der Waals surface area contributed by atoms with Crippen LogP contribution in [0.1, 0.15) is 27.7 Å². The molecule has 0 radical (unpaired) electrons. The van der Waals surface area contributed by atoms with Crippen molar-refractivity contribution in [1.82, 2.24) is 0 Å². The molecule has 0 aromatic carbocycles. The Labute approximate surface area is 104 Å². The maximum atomic E-state index is 9.04. The van der Waals surface area contributed by atoms with E-state index < -0.39 is 6.10 Å². The standard InChI is InChI=1S/C12H26O5/c1-9(14)6-15-11(3)8-17-12(4)7-16-10(2)5-13/h9-14H,5-8H2,1-4H3/t9-,10-,11+,12-/m1/s1. The van der Waals surface area contributed by atoms with Crippen LogP contribution in [-0.2, 0) is 14.2 Å². The topological polar surface area (TPSA) is 68.2 Å². The molecule has 5 heteroatoms. The Hall–Kier alpha value is -0.200. The van der Waals surface area contributed by atoms with E-state index >= 15 is 0 Å². The first-order valence-electron chi connectivity index (χ1n) is 6.09. The fourth-order valence-electron chi connectivity index (χ4n) is 1.05. The smallest absolute Gasteiger partial charge is 0.0781 e. The highest BCUT2D eigenvalue weighted by atomic mass is 16.6. The summed E-state index contributed by atoms with van der Waals surface area (Å²) in [6, 6.07) is 0. The summed E-state index contributed by atoms with van der Waals surface area (Å²) in [5.74, 6) is 0. The number of hydrogen-bond donors (Lipinski definition) is 2. The Bertz CT molecular complexity index is 174. The molecule has 0 unspecified atom stereocenters. The largest absolute Gasteiger partial charge is 0.394 e. The van der Waals surface area contributed by atoms with Gasteiger partial charge in [0.15, 0.2) is 0 Å². The predicted molar refractivity (Wildman–Crippen MR) is 65.0 cm³/mol. The second-order valence-corrected chi connectivity index (χ2v) is 4.46. The lowest BCUT2D eigenvalue weighted by Gasteiger charge is -2.19. The second-order valence-electron chi connectivity index (χ2n) is 4.46. The molecule has 0 aliphatic heterocycles. The molecule has 2 N–H and O–H groups in total.